The molecule has 64 valence electrons. The molecule has 0 aliphatic carbocycles. The average Bonchev–Trinajstić information content (AvgIpc) is 2.47. The highest BCUT2D eigenvalue weighted by Crippen LogP contribution is 2.08. The normalized spacial score (nSPS) is 11.3. The molecule has 1 heterocycles. The summed E-state index contributed by atoms with van der Waals surface area (Å²) >= 11 is 0. The van der Waals surface area contributed by atoms with Gasteiger partial charge in [-0.1, -0.05) is 0 Å². The number of nitrogens with one attached hydrogen (secondary N) is 1. The first-order valence-corrected chi connectivity index (χ1v) is 3.62. The lowest BCUT2D eigenvalue weighted by molar-refractivity contribution is 0.762. The summed E-state index contributed by atoms with van der Waals surface area (Å²) in [5.41, 5.74) is 4.63. The SMILES string of the molecule is C=NN/C=C(\C)c1ccn(C)n1. The molecule has 1 N–H and O–H groups in total. The molecule has 0 aliphatic rings. The van der Waals surface area contributed by atoms with Gasteiger partial charge in [-0.25, -0.2) is 0 Å². The zero-order valence-corrected chi connectivity index (χ0v) is 7.28. The predicted molar refractivity (Wildman–Crippen MR) is 49.5 cm³/mol. The first-order chi connectivity index (χ1) is 5.74. The van der Waals surface area contributed by atoms with Gasteiger partial charge in [0.25, 0.3) is 0 Å². The predicted octanol–water partition coefficient (Wildman–Crippen LogP) is 0.986. The van der Waals surface area contributed by atoms with Crippen molar-refractivity contribution in [1.29, 1.82) is 0 Å². The quantitative estimate of drug-likeness (QED) is 0.534. The number of nitrogens with zero attached hydrogens (tertiary/aromatic N) is 3. The van der Waals surface area contributed by atoms with Gasteiger partial charge in [0.15, 0.2) is 0 Å². The minimum Gasteiger partial charge on any atom is -0.286 e. The van der Waals surface area contributed by atoms with Gasteiger partial charge in [-0.2, -0.15) is 10.2 Å². The third-order valence-electron chi connectivity index (χ3n) is 1.49. The second kappa shape index (κ2) is 3.71. The molecule has 1 aromatic heterocycles. The van der Waals surface area contributed by atoms with E-state index < -0.39 is 0 Å². The molecular weight excluding hydrogens is 152 g/mol. The summed E-state index contributed by atoms with van der Waals surface area (Å²) < 4.78 is 1.76. The molecule has 0 spiro atoms. The van der Waals surface area contributed by atoms with Crippen LogP contribution in [0, 0.1) is 0 Å². The van der Waals surface area contributed by atoms with Gasteiger partial charge in [0.05, 0.1) is 5.69 Å². The second-order valence-electron chi connectivity index (χ2n) is 2.49. The monoisotopic (exact) mass is 164 g/mol. The van der Waals surface area contributed by atoms with Crippen molar-refractivity contribution in [2.75, 3.05) is 0 Å². The van der Waals surface area contributed by atoms with Crippen LogP contribution in [0.5, 0.6) is 0 Å². The number of allylic oxidation sites excluding steroid dienone is 1. The van der Waals surface area contributed by atoms with Crippen LogP contribution in [0.1, 0.15) is 12.6 Å². The Kier molecular flexibility index (Phi) is 2.63. The smallest absolute Gasteiger partial charge is 0.0894 e. The number of rotatable bonds is 3. The fraction of sp³-hybridized carbons (Fsp3) is 0.250. The van der Waals surface area contributed by atoms with Crippen LogP contribution in [0.4, 0.5) is 0 Å². The van der Waals surface area contributed by atoms with Crippen LogP contribution >= 0.6 is 0 Å². The third-order valence-corrected chi connectivity index (χ3v) is 1.49. The lowest BCUT2D eigenvalue weighted by atomic mass is 10.2. The minimum absolute atomic E-state index is 0.939. The van der Waals surface area contributed by atoms with Gasteiger partial charge in [-0.3, -0.25) is 10.1 Å². The molecule has 1 aromatic rings. The number of hydrazone groups is 1. The molecule has 0 unspecified atom stereocenters. The van der Waals surface area contributed by atoms with Gasteiger partial charge in [0.2, 0.25) is 0 Å². The fourth-order valence-electron chi connectivity index (χ4n) is 0.842. The maximum atomic E-state index is 4.21. The highest BCUT2D eigenvalue weighted by Gasteiger charge is 1.97. The Balaban J connectivity index is 2.76. The Morgan fingerprint density at radius 1 is 1.83 bits per heavy atom. The molecule has 4 nitrogen and oxygen atoms in total. The van der Waals surface area contributed by atoms with Gasteiger partial charge in [0.1, 0.15) is 0 Å². The Morgan fingerprint density at radius 3 is 3.08 bits per heavy atom. The number of hydrogen-bond donors (Lipinski definition) is 1. The number of hydrogen-bond acceptors (Lipinski definition) is 3. The van der Waals surface area contributed by atoms with E-state index in [1.54, 1.807) is 10.9 Å². The van der Waals surface area contributed by atoms with E-state index in [1.165, 1.54) is 0 Å². The van der Waals surface area contributed by atoms with Gasteiger partial charge in [-0.15, -0.1) is 0 Å². The standard InChI is InChI=1S/C8H12N4/c1-7(6-10-9-2)8-4-5-12(3)11-8/h4-6,10H,2H2,1,3H3/b7-6+. The summed E-state index contributed by atoms with van der Waals surface area (Å²) in [6.07, 6.45) is 3.66. The molecular formula is C8H12N4. The van der Waals surface area contributed by atoms with Crippen LogP contribution in [0.2, 0.25) is 0 Å². The third kappa shape index (κ3) is 1.95. The van der Waals surface area contributed by atoms with Gasteiger partial charge in [-0.05, 0) is 18.6 Å². The van der Waals surface area contributed by atoms with Crippen LogP contribution in [-0.4, -0.2) is 16.5 Å². The summed E-state index contributed by atoms with van der Waals surface area (Å²) in [7, 11) is 1.88. The van der Waals surface area contributed by atoms with Crippen molar-refractivity contribution in [3.05, 3.63) is 24.2 Å². The van der Waals surface area contributed by atoms with Crippen molar-refractivity contribution in [2.45, 2.75) is 6.92 Å². The zero-order valence-electron chi connectivity index (χ0n) is 7.28. The van der Waals surface area contributed by atoms with Crippen molar-refractivity contribution in [3.63, 3.8) is 0 Å². The molecule has 0 amide bonds. The van der Waals surface area contributed by atoms with Crippen molar-refractivity contribution < 1.29 is 0 Å². The summed E-state index contributed by atoms with van der Waals surface area (Å²) in [6.45, 7) is 5.26. The van der Waals surface area contributed by atoms with Crippen LogP contribution in [0.25, 0.3) is 5.57 Å². The first kappa shape index (κ1) is 8.52. The fourth-order valence-corrected chi connectivity index (χ4v) is 0.842. The number of aryl methyl sites for hydroxylation is 1. The van der Waals surface area contributed by atoms with E-state index in [4.69, 9.17) is 0 Å². The Labute approximate surface area is 71.6 Å². The first-order valence-electron chi connectivity index (χ1n) is 3.62. The molecule has 0 aliphatic heterocycles. The van der Waals surface area contributed by atoms with Crippen molar-refractivity contribution in [3.8, 4) is 0 Å². The average molecular weight is 164 g/mol. The van der Waals surface area contributed by atoms with Gasteiger partial charge < -0.3 is 0 Å². The summed E-state index contributed by atoms with van der Waals surface area (Å²) in [4.78, 5) is 0. The maximum Gasteiger partial charge on any atom is 0.0894 e. The maximum absolute atomic E-state index is 4.21. The molecule has 12 heavy (non-hydrogen) atoms. The molecule has 0 atom stereocenters. The molecule has 0 bridgehead atoms. The Morgan fingerprint density at radius 2 is 2.58 bits per heavy atom. The Hall–Kier alpha value is -1.58. The van der Waals surface area contributed by atoms with Crippen LogP contribution in [0.3, 0.4) is 0 Å². The molecule has 0 saturated carbocycles. The largest absolute Gasteiger partial charge is 0.286 e. The van der Waals surface area contributed by atoms with Crippen LogP contribution < -0.4 is 5.43 Å². The van der Waals surface area contributed by atoms with E-state index in [9.17, 15) is 0 Å². The van der Waals surface area contributed by atoms with Gasteiger partial charge >= 0.3 is 0 Å². The van der Waals surface area contributed by atoms with E-state index in [-0.39, 0.29) is 0 Å². The van der Waals surface area contributed by atoms with E-state index in [0.29, 0.717) is 0 Å². The van der Waals surface area contributed by atoms with E-state index >= 15 is 0 Å². The lowest BCUT2D eigenvalue weighted by Crippen LogP contribution is -1.94. The minimum atomic E-state index is 0.939. The van der Waals surface area contributed by atoms with E-state index in [2.05, 4.69) is 22.3 Å². The van der Waals surface area contributed by atoms with Crippen LogP contribution in [-0.2, 0) is 7.05 Å². The van der Waals surface area contributed by atoms with Crippen molar-refractivity contribution in [1.82, 2.24) is 15.2 Å². The van der Waals surface area contributed by atoms with Crippen LogP contribution in [0.15, 0.2) is 23.6 Å². The second-order valence-corrected chi connectivity index (χ2v) is 2.49. The van der Waals surface area contributed by atoms with E-state index in [1.807, 2.05) is 26.2 Å². The van der Waals surface area contributed by atoms with E-state index in [0.717, 1.165) is 11.3 Å². The van der Waals surface area contributed by atoms with Crippen molar-refractivity contribution in [2.24, 2.45) is 12.1 Å². The van der Waals surface area contributed by atoms with Crippen molar-refractivity contribution >= 4 is 12.3 Å². The molecule has 0 saturated heterocycles. The number of aromatic nitrogens is 2. The summed E-state index contributed by atoms with van der Waals surface area (Å²) in [5, 5.41) is 7.71. The lowest BCUT2D eigenvalue weighted by Gasteiger charge is -1.94. The zero-order chi connectivity index (χ0) is 8.97. The molecule has 0 fully saturated rings. The summed E-state index contributed by atoms with van der Waals surface area (Å²) in [6, 6.07) is 1.94. The topological polar surface area (TPSA) is 42.2 Å². The summed E-state index contributed by atoms with van der Waals surface area (Å²) in [5.74, 6) is 0. The van der Waals surface area contributed by atoms with Gasteiger partial charge in [0, 0.05) is 26.2 Å². The Bertz CT molecular complexity index is 298. The molecule has 4 heteroatoms. The highest BCUT2D eigenvalue weighted by molar-refractivity contribution is 5.59. The molecule has 1 rings (SSSR count). The molecule has 0 radical (unpaired) electrons. The highest BCUT2D eigenvalue weighted by atomic mass is 15.3. The molecule has 0 aromatic carbocycles.